The minimum absolute atomic E-state index is 0.154. The lowest BCUT2D eigenvalue weighted by Crippen LogP contribution is -2.44. The van der Waals surface area contributed by atoms with Gasteiger partial charge in [0.05, 0.1) is 7.11 Å². The second kappa shape index (κ2) is 4.92. The zero-order chi connectivity index (χ0) is 15.3. The topological polar surface area (TPSA) is 30.9 Å². The van der Waals surface area contributed by atoms with Gasteiger partial charge in [-0.25, -0.2) is 0 Å². The van der Waals surface area contributed by atoms with E-state index in [0.29, 0.717) is 6.04 Å². The zero-order valence-electron chi connectivity index (χ0n) is 13.5. The molecule has 3 atom stereocenters. The van der Waals surface area contributed by atoms with Crippen LogP contribution in [0.2, 0.25) is 0 Å². The first-order chi connectivity index (χ1) is 10.7. The molecule has 0 N–H and O–H groups in total. The van der Waals surface area contributed by atoms with E-state index in [4.69, 9.17) is 14.2 Å². The Labute approximate surface area is 131 Å². The van der Waals surface area contributed by atoms with Crippen molar-refractivity contribution in [3.8, 4) is 17.2 Å². The van der Waals surface area contributed by atoms with E-state index in [0.717, 1.165) is 36.8 Å². The van der Waals surface area contributed by atoms with Gasteiger partial charge in [-0.2, -0.15) is 0 Å². The molecule has 4 nitrogen and oxygen atoms in total. The van der Waals surface area contributed by atoms with Gasteiger partial charge < -0.3 is 14.2 Å². The van der Waals surface area contributed by atoms with Gasteiger partial charge in [-0.1, -0.05) is 19.1 Å². The van der Waals surface area contributed by atoms with Crippen LogP contribution in [-0.4, -0.2) is 31.4 Å². The maximum Gasteiger partial charge on any atom is 0.231 e. The highest BCUT2D eigenvalue weighted by molar-refractivity contribution is 5.63. The summed E-state index contributed by atoms with van der Waals surface area (Å²) >= 11 is 0. The fraction of sp³-hybridized carbons (Fsp3) is 0.556. The molecule has 0 saturated carbocycles. The fourth-order valence-electron chi connectivity index (χ4n) is 4.42. The molecule has 1 fully saturated rings. The predicted molar refractivity (Wildman–Crippen MR) is 84.7 cm³/mol. The molecule has 1 unspecified atom stereocenters. The first-order valence-electron chi connectivity index (χ1n) is 8.04. The van der Waals surface area contributed by atoms with Crippen LogP contribution in [0.25, 0.3) is 0 Å². The maximum absolute atomic E-state index is 5.70. The van der Waals surface area contributed by atoms with E-state index in [1.54, 1.807) is 7.11 Å². The monoisotopic (exact) mass is 301 g/mol. The summed E-state index contributed by atoms with van der Waals surface area (Å²) in [4.78, 5) is 2.59. The Morgan fingerprint density at radius 2 is 2.32 bits per heavy atom. The van der Waals surface area contributed by atoms with Gasteiger partial charge in [0.2, 0.25) is 12.5 Å². The lowest BCUT2D eigenvalue weighted by atomic mass is 9.71. The van der Waals surface area contributed by atoms with E-state index >= 15 is 0 Å². The van der Waals surface area contributed by atoms with Gasteiger partial charge in [0.15, 0.2) is 11.5 Å². The van der Waals surface area contributed by atoms with Crippen LogP contribution < -0.4 is 14.2 Å². The molecule has 4 heteroatoms. The van der Waals surface area contributed by atoms with Gasteiger partial charge in [0, 0.05) is 23.6 Å². The second-order valence-corrected chi connectivity index (χ2v) is 6.63. The first-order valence-corrected chi connectivity index (χ1v) is 8.04. The van der Waals surface area contributed by atoms with Crippen molar-refractivity contribution < 1.29 is 14.2 Å². The number of fused-ring (bicyclic) bond motifs is 5. The fourth-order valence-corrected chi connectivity index (χ4v) is 4.42. The Kier molecular flexibility index (Phi) is 3.12. The van der Waals surface area contributed by atoms with Crippen LogP contribution in [0, 0.1) is 0 Å². The molecule has 1 aromatic rings. The molecule has 0 aromatic heterocycles. The Morgan fingerprint density at radius 3 is 3.09 bits per heavy atom. The van der Waals surface area contributed by atoms with E-state index < -0.39 is 0 Å². The summed E-state index contributed by atoms with van der Waals surface area (Å²) in [5.41, 5.74) is 2.82. The molecule has 0 amide bonds. The Hall–Kier alpha value is -1.68. The number of hydrogen-bond donors (Lipinski definition) is 0. The van der Waals surface area contributed by atoms with Crippen molar-refractivity contribution in [1.82, 2.24) is 4.90 Å². The van der Waals surface area contributed by atoms with Crippen LogP contribution in [0.15, 0.2) is 18.2 Å². The summed E-state index contributed by atoms with van der Waals surface area (Å²) in [6.45, 7) is 6.85. The van der Waals surface area contributed by atoms with Crippen LogP contribution in [0.1, 0.15) is 37.8 Å². The summed E-state index contributed by atoms with van der Waals surface area (Å²) in [6.07, 6.45) is 6.73. The van der Waals surface area contributed by atoms with Crippen molar-refractivity contribution >= 4 is 0 Å². The van der Waals surface area contributed by atoms with Gasteiger partial charge in [0.25, 0.3) is 0 Å². The number of benzene rings is 1. The van der Waals surface area contributed by atoms with Crippen LogP contribution in [0.5, 0.6) is 17.2 Å². The van der Waals surface area contributed by atoms with Gasteiger partial charge in [-0.3, -0.25) is 4.90 Å². The average molecular weight is 301 g/mol. The summed E-state index contributed by atoms with van der Waals surface area (Å²) in [5, 5.41) is 0. The number of methoxy groups -OCH3 is 1. The van der Waals surface area contributed by atoms with Crippen molar-refractivity contribution in [1.29, 1.82) is 0 Å². The number of nitrogens with zero attached hydrogens (tertiary/aromatic N) is 1. The summed E-state index contributed by atoms with van der Waals surface area (Å²) in [7, 11) is 1.73. The van der Waals surface area contributed by atoms with Crippen molar-refractivity contribution in [2.45, 2.75) is 44.7 Å². The zero-order valence-corrected chi connectivity index (χ0v) is 13.5. The molecule has 3 aliphatic rings. The normalized spacial score (nSPS) is 31.6. The van der Waals surface area contributed by atoms with Crippen molar-refractivity contribution in [2.24, 2.45) is 0 Å². The number of allylic oxidation sites excluding steroid dienone is 1. The molecule has 1 aromatic carbocycles. The van der Waals surface area contributed by atoms with E-state index in [1.165, 1.54) is 17.5 Å². The minimum Gasteiger partial charge on any atom is -0.492 e. The lowest BCUT2D eigenvalue weighted by Gasteiger charge is -2.42. The second-order valence-electron chi connectivity index (χ2n) is 6.63. The SMILES string of the molecule is C/C=C\C[C@H]1N2CC[C@]1(C)c1cc3c(c(OC)c1C2)OCO3. The maximum atomic E-state index is 5.70. The van der Waals surface area contributed by atoms with Gasteiger partial charge in [-0.05, 0) is 37.9 Å². The molecule has 4 rings (SSSR count). The molecule has 22 heavy (non-hydrogen) atoms. The lowest BCUT2D eigenvalue weighted by molar-refractivity contribution is 0.170. The minimum atomic E-state index is 0.154. The molecule has 118 valence electrons. The van der Waals surface area contributed by atoms with Crippen LogP contribution in [0.4, 0.5) is 0 Å². The van der Waals surface area contributed by atoms with Crippen molar-refractivity contribution in [3.05, 3.63) is 29.3 Å². The molecule has 1 saturated heterocycles. The van der Waals surface area contributed by atoms with E-state index in [1.807, 2.05) is 0 Å². The quantitative estimate of drug-likeness (QED) is 0.802. The van der Waals surface area contributed by atoms with Crippen LogP contribution in [-0.2, 0) is 12.0 Å². The molecular weight excluding hydrogens is 278 g/mol. The number of hydrogen-bond acceptors (Lipinski definition) is 4. The van der Waals surface area contributed by atoms with Gasteiger partial charge >= 0.3 is 0 Å². The van der Waals surface area contributed by atoms with Crippen molar-refractivity contribution in [2.75, 3.05) is 20.4 Å². The number of ether oxygens (including phenoxy) is 3. The molecule has 0 spiro atoms. The molecule has 3 aliphatic heterocycles. The highest BCUT2D eigenvalue weighted by Crippen LogP contribution is 2.55. The predicted octanol–water partition coefficient (Wildman–Crippen LogP) is 3.24. The Morgan fingerprint density at radius 1 is 1.45 bits per heavy atom. The summed E-state index contributed by atoms with van der Waals surface area (Å²) < 4.78 is 17.0. The molecule has 0 aliphatic carbocycles. The van der Waals surface area contributed by atoms with E-state index in [-0.39, 0.29) is 12.2 Å². The third-order valence-corrected chi connectivity index (χ3v) is 5.59. The first kappa shape index (κ1) is 13.9. The summed E-state index contributed by atoms with van der Waals surface area (Å²) in [6, 6.07) is 2.76. The average Bonchev–Trinajstić information content (AvgIpc) is 3.06. The van der Waals surface area contributed by atoms with E-state index in [9.17, 15) is 0 Å². The smallest absolute Gasteiger partial charge is 0.231 e. The third-order valence-electron chi connectivity index (χ3n) is 5.59. The van der Waals surface area contributed by atoms with Crippen molar-refractivity contribution in [3.63, 3.8) is 0 Å². The molecular formula is C18H23NO3. The molecule has 0 radical (unpaired) electrons. The molecule has 3 heterocycles. The van der Waals surface area contributed by atoms with Crippen LogP contribution >= 0.6 is 0 Å². The Bertz CT molecular complexity index is 640. The highest BCUT2D eigenvalue weighted by Gasteiger charge is 2.50. The standard InChI is InChI=1S/C18H23NO3/c1-4-5-6-15-18(2)7-8-19(15)10-12-13(18)9-14-17(16(12)20-3)22-11-21-14/h4-5,9,15H,6-8,10-11H2,1-3H3/b5-4-/t15-,18-/m1/s1. The van der Waals surface area contributed by atoms with Gasteiger partial charge in [-0.15, -0.1) is 0 Å². The van der Waals surface area contributed by atoms with E-state index in [2.05, 4.69) is 37.0 Å². The third kappa shape index (κ3) is 1.73. The Balaban J connectivity index is 1.86. The summed E-state index contributed by atoms with van der Waals surface area (Å²) in [5.74, 6) is 2.48. The highest BCUT2D eigenvalue weighted by atomic mass is 16.7. The molecule has 2 bridgehead atoms. The van der Waals surface area contributed by atoms with Gasteiger partial charge in [0.1, 0.15) is 0 Å². The van der Waals surface area contributed by atoms with Crippen LogP contribution in [0.3, 0.4) is 0 Å². The largest absolute Gasteiger partial charge is 0.492 e. The number of rotatable bonds is 3.